The zero-order valence-corrected chi connectivity index (χ0v) is 15.5. The van der Waals surface area contributed by atoms with E-state index in [1.165, 1.54) is 17.7 Å². The van der Waals surface area contributed by atoms with Crippen LogP contribution in [-0.4, -0.2) is 20.5 Å². The minimum absolute atomic E-state index is 0.246. The Labute approximate surface area is 153 Å². The maximum Gasteiger partial charge on any atom is 0.240 e. The number of aryl methyl sites for hydroxylation is 2. The van der Waals surface area contributed by atoms with Crippen molar-refractivity contribution in [1.29, 1.82) is 0 Å². The number of methoxy groups -OCH3 is 1. The lowest BCUT2D eigenvalue weighted by Gasteiger charge is -2.11. The molecule has 0 radical (unpaired) electrons. The lowest BCUT2D eigenvalue weighted by atomic mass is 9.96. The Kier molecular flexibility index (Phi) is 4.46. The van der Waals surface area contributed by atoms with E-state index in [9.17, 15) is 8.42 Å². The second-order valence-electron chi connectivity index (χ2n) is 6.67. The fourth-order valence-electron chi connectivity index (χ4n) is 3.56. The molecular formula is C20H22N2O3S. The van der Waals surface area contributed by atoms with E-state index in [-0.39, 0.29) is 6.54 Å². The monoisotopic (exact) mass is 370 g/mol. The number of H-pyrrole nitrogens is 1. The molecule has 0 saturated carbocycles. The van der Waals surface area contributed by atoms with Crippen LogP contribution in [-0.2, 0) is 29.4 Å². The minimum atomic E-state index is -3.57. The van der Waals surface area contributed by atoms with Gasteiger partial charge in [-0.3, -0.25) is 0 Å². The molecule has 5 nitrogen and oxygen atoms in total. The Bertz CT molecular complexity index is 1040. The largest absolute Gasteiger partial charge is 0.497 e. The number of aromatic amines is 1. The number of benzene rings is 2. The molecule has 1 aliphatic carbocycles. The number of ether oxygens (including phenoxy) is 1. The molecule has 2 N–H and O–H groups in total. The lowest BCUT2D eigenvalue weighted by molar-refractivity contribution is 0.414. The first-order chi connectivity index (χ1) is 12.6. The van der Waals surface area contributed by atoms with Crippen LogP contribution < -0.4 is 9.46 Å². The molecule has 26 heavy (non-hydrogen) atoms. The first kappa shape index (κ1) is 17.1. The number of hydrogen-bond donors (Lipinski definition) is 2. The Morgan fingerprint density at radius 1 is 1.08 bits per heavy atom. The summed E-state index contributed by atoms with van der Waals surface area (Å²) in [6.45, 7) is 0.246. The first-order valence-corrected chi connectivity index (χ1v) is 10.3. The Morgan fingerprint density at radius 3 is 2.62 bits per heavy atom. The fraction of sp³-hybridized carbons (Fsp3) is 0.300. The van der Waals surface area contributed by atoms with Gasteiger partial charge in [-0.2, -0.15) is 0 Å². The third-order valence-electron chi connectivity index (χ3n) is 5.01. The molecule has 0 amide bonds. The molecule has 1 aromatic heterocycles. The Hall–Kier alpha value is -2.31. The molecule has 6 heteroatoms. The predicted molar refractivity (Wildman–Crippen MR) is 102 cm³/mol. The first-order valence-electron chi connectivity index (χ1n) is 8.83. The van der Waals surface area contributed by atoms with Crippen molar-refractivity contribution in [2.45, 2.75) is 37.1 Å². The van der Waals surface area contributed by atoms with Crippen LogP contribution in [0.2, 0.25) is 0 Å². The molecule has 0 fully saturated rings. The van der Waals surface area contributed by atoms with Gasteiger partial charge in [-0.1, -0.05) is 12.1 Å². The van der Waals surface area contributed by atoms with Crippen molar-refractivity contribution in [2.75, 3.05) is 7.11 Å². The van der Waals surface area contributed by atoms with Gasteiger partial charge in [0.1, 0.15) is 5.75 Å². The third-order valence-corrected chi connectivity index (χ3v) is 6.40. The molecule has 0 aliphatic heterocycles. The molecule has 2 aromatic carbocycles. The van der Waals surface area contributed by atoms with E-state index in [4.69, 9.17) is 4.74 Å². The fourth-order valence-corrected chi connectivity index (χ4v) is 4.60. The van der Waals surface area contributed by atoms with Crippen LogP contribution in [0.5, 0.6) is 5.75 Å². The van der Waals surface area contributed by atoms with E-state index in [0.29, 0.717) is 4.90 Å². The van der Waals surface area contributed by atoms with Crippen molar-refractivity contribution in [3.8, 4) is 5.75 Å². The van der Waals surface area contributed by atoms with Crippen LogP contribution in [0.4, 0.5) is 0 Å². The van der Waals surface area contributed by atoms with Crippen LogP contribution in [0, 0.1) is 0 Å². The summed E-state index contributed by atoms with van der Waals surface area (Å²) in [6, 6.07) is 12.7. The number of fused-ring (bicyclic) bond motifs is 3. The van der Waals surface area contributed by atoms with Crippen molar-refractivity contribution in [2.24, 2.45) is 0 Å². The topological polar surface area (TPSA) is 71.2 Å². The van der Waals surface area contributed by atoms with Crippen molar-refractivity contribution in [3.05, 3.63) is 59.3 Å². The van der Waals surface area contributed by atoms with Crippen LogP contribution in [0.3, 0.4) is 0 Å². The van der Waals surface area contributed by atoms with Gasteiger partial charge in [-0.05, 0) is 67.1 Å². The summed E-state index contributed by atoms with van der Waals surface area (Å²) in [4.78, 5) is 3.75. The van der Waals surface area contributed by atoms with Gasteiger partial charge in [0.15, 0.2) is 0 Å². The quantitative estimate of drug-likeness (QED) is 0.722. The zero-order valence-electron chi connectivity index (χ0n) is 14.7. The average Bonchev–Trinajstić information content (AvgIpc) is 3.05. The highest BCUT2D eigenvalue weighted by Gasteiger charge is 2.19. The number of rotatable bonds is 5. The highest BCUT2D eigenvalue weighted by molar-refractivity contribution is 7.89. The molecule has 0 saturated heterocycles. The van der Waals surface area contributed by atoms with Gasteiger partial charge in [0, 0.05) is 23.1 Å². The molecular weight excluding hydrogens is 348 g/mol. The maximum absolute atomic E-state index is 12.7. The molecule has 3 aromatic rings. The second kappa shape index (κ2) is 6.78. The van der Waals surface area contributed by atoms with Gasteiger partial charge in [0.2, 0.25) is 10.0 Å². The van der Waals surface area contributed by atoms with E-state index in [1.54, 1.807) is 19.2 Å². The summed E-state index contributed by atoms with van der Waals surface area (Å²) >= 11 is 0. The maximum atomic E-state index is 12.7. The number of nitrogens with one attached hydrogen (secondary N) is 2. The van der Waals surface area contributed by atoms with Gasteiger partial charge < -0.3 is 9.72 Å². The van der Waals surface area contributed by atoms with Crippen molar-refractivity contribution < 1.29 is 13.2 Å². The number of aromatic nitrogens is 1. The Morgan fingerprint density at radius 2 is 1.85 bits per heavy atom. The molecule has 0 spiro atoms. The van der Waals surface area contributed by atoms with E-state index in [2.05, 4.69) is 9.71 Å². The lowest BCUT2D eigenvalue weighted by Crippen LogP contribution is -2.23. The summed E-state index contributed by atoms with van der Waals surface area (Å²) in [5, 5.41) is 1.03. The SMILES string of the molecule is COc1ccc(CNS(=O)(=O)c2ccc3[nH]c4c(c3c2)CCCC4)cc1. The zero-order chi connectivity index (χ0) is 18.1. The second-order valence-corrected chi connectivity index (χ2v) is 8.44. The van der Waals surface area contributed by atoms with Crippen molar-refractivity contribution in [3.63, 3.8) is 0 Å². The molecule has 0 bridgehead atoms. The van der Waals surface area contributed by atoms with Gasteiger partial charge in [-0.15, -0.1) is 0 Å². The number of hydrogen-bond acceptors (Lipinski definition) is 3. The van der Waals surface area contributed by atoms with E-state index >= 15 is 0 Å². The standard InChI is InChI=1S/C20H22N2O3S/c1-25-15-8-6-14(7-9-15)13-21-26(23,24)16-10-11-20-18(12-16)17-4-2-3-5-19(17)22-20/h6-12,21-22H,2-5,13H2,1H3. The van der Waals surface area contributed by atoms with E-state index in [0.717, 1.165) is 41.5 Å². The molecule has 0 atom stereocenters. The van der Waals surface area contributed by atoms with Crippen LogP contribution in [0.15, 0.2) is 47.4 Å². The average molecular weight is 370 g/mol. The van der Waals surface area contributed by atoms with Gasteiger partial charge in [0.25, 0.3) is 0 Å². The van der Waals surface area contributed by atoms with Crippen molar-refractivity contribution >= 4 is 20.9 Å². The summed E-state index contributed by atoms with van der Waals surface area (Å²) < 4.78 is 33.2. The van der Waals surface area contributed by atoms with Gasteiger partial charge >= 0.3 is 0 Å². The Balaban J connectivity index is 1.58. The normalized spacial score (nSPS) is 14.3. The van der Waals surface area contributed by atoms with Gasteiger partial charge in [0.05, 0.1) is 12.0 Å². The molecule has 0 unspecified atom stereocenters. The van der Waals surface area contributed by atoms with E-state index in [1.807, 2.05) is 30.3 Å². The minimum Gasteiger partial charge on any atom is -0.497 e. The van der Waals surface area contributed by atoms with Crippen LogP contribution in [0.1, 0.15) is 29.7 Å². The van der Waals surface area contributed by atoms with Gasteiger partial charge in [-0.25, -0.2) is 13.1 Å². The molecule has 136 valence electrons. The molecule has 1 aliphatic rings. The number of sulfonamides is 1. The summed E-state index contributed by atoms with van der Waals surface area (Å²) in [6.07, 6.45) is 4.40. The summed E-state index contributed by atoms with van der Waals surface area (Å²) in [7, 11) is -1.96. The van der Waals surface area contributed by atoms with Crippen molar-refractivity contribution in [1.82, 2.24) is 9.71 Å². The smallest absolute Gasteiger partial charge is 0.240 e. The highest BCUT2D eigenvalue weighted by Crippen LogP contribution is 2.30. The third kappa shape index (κ3) is 3.22. The van der Waals surface area contributed by atoms with E-state index < -0.39 is 10.0 Å². The predicted octanol–water partition coefficient (Wildman–Crippen LogP) is 3.53. The summed E-state index contributed by atoms with van der Waals surface area (Å²) in [5.41, 5.74) is 4.44. The molecule has 4 rings (SSSR count). The van der Waals surface area contributed by atoms with Crippen LogP contribution >= 0.6 is 0 Å². The highest BCUT2D eigenvalue weighted by atomic mass is 32.2. The van der Waals surface area contributed by atoms with Crippen LogP contribution in [0.25, 0.3) is 10.9 Å². The summed E-state index contributed by atoms with van der Waals surface area (Å²) in [5.74, 6) is 0.749. The molecule has 1 heterocycles.